The lowest BCUT2D eigenvalue weighted by Crippen LogP contribution is -2.17. The summed E-state index contributed by atoms with van der Waals surface area (Å²) in [5.41, 5.74) is 1.12. The van der Waals surface area contributed by atoms with E-state index >= 15 is 0 Å². The van der Waals surface area contributed by atoms with Crippen molar-refractivity contribution in [3.8, 4) is 11.5 Å². The number of carbonyl (C=O) groups excluding carboxylic acids is 1. The van der Waals surface area contributed by atoms with Crippen molar-refractivity contribution in [1.29, 1.82) is 0 Å². The Bertz CT molecular complexity index is 741. The summed E-state index contributed by atoms with van der Waals surface area (Å²) in [5.74, 6) is -0.148. The normalized spacial score (nSPS) is 11.4. The van der Waals surface area contributed by atoms with Crippen LogP contribution in [0.4, 0.5) is 18.9 Å². The van der Waals surface area contributed by atoms with E-state index in [1.54, 1.807) is 30.3 Å². The van der Waals surface area contributed by atoms with Gasteiger partial charge in [-0.3, -0.25) is 4.79 Å². The number of benzene rings is 2. The third kappa shape index (κ3) is 6.86. The average molecular weight is 367 g/mol. The molecule has 0 aromatic heterocycles. The molecule has 2 aromatic rings. The van der Waals surface area contributed by atoms with E-state index in [0.29, 0.717) is 11.4 Å². The second-order valence-corrected chi connectivity index (χ2v) is 5.01. The number of rotatable bonds is 7. The molecular weight excluding hydrogens is 351 g/mol. The van der Waals surface area contributed by atoms with E-state index in [4.69, 9.17) is 9.47 Å². The van der Waals surface area contributed by atoms with E-state index in [2.05, 4.69) is 10.1 Å². The predicted octanol–water partition coefficient (Wildman–Crippen LogP) is 4.22. The van der Waals surface area contributed by atoms with Gasteiger partial charge in [0.15, 0.2) is 6.79 Å². The summed E-state index contributed by atoms with van der Waals surface area (Å²) < 4.78 is 50.0. The number of methoxy groups -OCH3 is 1. The van der Waals surface area contributed by atoms with Crippen LogP contribution in [0.2, 0.25) is 0 Å². The lowest BCUT2D eigenvalue weighted by molar-refractivity contribution is -0.274. The highest BCUT2D eigenvalue weighted by molar-refractivity contribution is 6.01. The summed E-state index contributed by atoms with van der Waals surface area (Å²) in [4.78, 5) is 11.9. The van der Waals surface area contributed by atoms with E-state index in [0.717, 1.165) is 17.7 Å². The van der Waals surface area contributed by atoms with Crippen molar-refractivity contribution < 1.29 is 32.2 Å². The number of ether oxygens (including phenoxy) is 3. The second kappa shape index (κ2) is 8.91. The fraction of sp³-hybridized carbons (Fsp3) is 0.167. The van der Waals surface area contributed by atoms with Crippen LogP contribution in [0.3, 0.4) is 0 Å². The van der Waals surface area contributed by atoms with E-state index in [1.165, 1.54) is 25.3 Å². The summed E-state index contributed by atoms with van der Waals surface area (Å²) in [7, 11) is 1.52. The zero-order valence-corrected chi connectivity index (χ0v) is 13.7. The van der Waals surface area contributed by atoms with Crippen LogP contribution in [-0.4, -0.2) is 26.2 Å². The maximum atomic E-state index is 12.1. The highest BCUT2D eigenvalue weighted by Gasteiger charge is 2.30. The molecule has 1 N–H and O–H groups in total. The molecule has 0 aliphatic carbocycles. The predicted molar refractivity (Wildman–Crippen MR) is 89.7 cm³/mol. The molecule has 0 aliphatic heterocycles. The number of amides is 1. The highest BCUT2D eigenvalue weighted by atomic mass is 19.4. The summed E-state index contributed by atoms with van der Waals surface area (Å²) >= 11 is 0. The zero-order chi connectivity index (χ0) is 19.0. The Morgan fingerprint density at radius 1 is 1.04 bits per heavy atom. The van der Waals surface area contributed by atoms with Crippen molar-refractivity contribution in [1.82, 2.24) is 0 Å². The van der Waals surface area contributed by atoms with Crippen molar-refractivity contribution in [3.05, 3.63) is 60.2 Å². The Balaban J connectivity index is 1.88. The van der Waals surface area contributed by atoms with Gasteiger partial charge in [-0.2, -0.15) is 0 Å². The van der Waals surface area contributed by atoms with E-state index in [-0.39, 0.29) is 12.5 Å². The molecule has 0 spiro atoms. The van der Waals surface area contributed by atoms with Gasteiger partial charge in [0.05, 0.1) is 0 Å². The molecule has 0 saturated heterocycles. The second-order valence-electron chi connectivity index (χ2n) is 5.01. The molecule has 0 fully saturated rings. The van der Waals surface area contributed by atoms with Crippen LogP contribution >= 0.6 is 0 Å². The van der Waals surface area contributed by atoms with Crippen molar-refractivity contribution >= 4 is 17.7 Å². The molecule has 5 nitrogen and oxygen atoms in total. The fourth-order valence-corrected chi connectivity index (χ4v) is 1.90. The van der Waals surface area contributed by atoms with Gasteiger partial charge in [0.2, 0.25) is 5.91 Å². The Kier molecular flexibility index (Phi) is 6.62. The summed E-state index contributed by atoms with van der Waals surface area (Å²) in [6.45, 7) is 0.143. The molecule has 1 amide bonds. The molecule has 0 heterocycles. The summed E-state index contributed by atoms with van der Waals surface area (Å²) in [6, 6.07) is 11.8. The largest absolute Gasteiger partial charge is 0.573 e. The smallest absolute Gasteiger partial charge is 0.468 e. The number of carbonyl (C=O) groups is 1. The van der Waals surface area contributed by atoms with Crippen molar-refractivity contribution in [2.75, 3.05) is 19.2 Å². The number of hydrogen-bond acceptors (Lipinski definition) is 4. The number of hydrogen-bond donors (Lipinski definition) is 1. The summed E-state index contributed by atoms with van der Waals surface area (Å²) in [5, 5.41) is 2.54. The van der Waals surface area contributed by atoms with Gasteiger partial charge in [-0.05, 0) is 48.0 Å². The van der Waals surface area contributed by atoms with Crippen LogP contribution in [0.1, 0.15) is 5.56 Å². The Morgan fingerprint density at radius 2 is 1.65 bits per heavy atom. The van der Waals surface area contributed by atoms with Crippen LogP contribution in [-0.2, 0) is 9.53 Å². The van der Waals surface area contributed by atoms with Crippen molar-refractivity contribution in [3.63, 3.8) is 0 Å². The Hall–Kier alpha value is -3.00. The first-order valence-corrected chi connectivity index (χ1v) is 7.42. The van der Waals surface area contributed by atoms with Gasteiger partial charge in [0.1, 0.15) is 11.5 Å². The minimum absolute atomic E-state index is 0.143. The molecule has 0 aliphatic rings. The van der Waals surface area contributed by atoms with E-state index < -0.39 is 12.3 Å². The average Bonchev–Trinajstić information content (AvgIpc) is 2.59. The molecule has 0 unspecified atom stereocenters. The lowest BCUT2D eigenvalue weighted by atomic mass is 10.2. The van der Waals surface area contributed by atoms with Gasteiger partial charge in [-0.1, -0.05) is 12.1 Å². The number of nitrogens with one attached hydrogen (secondary N) is 1. The third-order valence-electron chi connectivity index (χ3n) is 3.01. The molecule has 0 saturated carbocycles. The van der Waals surface area contributed by atoms with Gasteiger partial charge >= 0.3 is 6.36 Å². The first-order valence-electron chi connectivity index (χ1n) is 7.42. The van der Waals surface area contributed by atoms with E-state index in [9.17, 15) is 18.0 Å². The SMILES string of the molecule is COCOc1ccc(/C=C/C(=O)Nc2ccc(OC(F)(F)F)cc2)cc1. The Labute approximate surface area is 148 Å². The molecule has 138 valence electrons. The van der Waals surface area contributed by atoms with Gasteiger partial charge in [-0.25, -0.2) is 0 Å². The standard InChI is InChI=1S/C18H16F3NO4/c1-24-12-25-15-7-2-13(3-8-15)4-11-17(23)22-14-5-9-16(10-6-14)26-18(19,20)21/h2-11H,12H2,1H3,(H,22,23)/b11-4+. The molecular formula is C18H16F3NO4. The molecule has 0 radical (unpaired) electrons. The molecule has 0 bridgehead atoms. The van der Waals surface area contributed by atoms with Gasteiger partial charge in [0.25, 0.3) is 0 Å². The first kappa shape index (κ1) is 19.3. The lowest BCUT2D eigenvalue weighted by Gasteiger charge is -2.09. The maximum absolute atomic E-state index is 12.1. The quantitative estimate of drug-likeness (QED) is 0.588. The minimum Gasteiger partial charge on any atom is -0.468 e. The van der Waals surface area contributed by atoms with Crippen molar-refractivity contribution in [2.45, 2.75) is 6.36 Å². The zero-order valence-electron chi connectivity index (χ0n) is 13.7. The molecule has 2 aromatic carbocycles. The van der Waals surface area contributed by atoms with Crippen molar-refractivity contribution in [2.24, 2.45) is 0 Å². The third-order valence-corrected chi connectivity index (χ3v) is 3.01. The van der Waals surface area contributed by atoms with Crippen LogP contribution in [0.15, 0.2) is 54.6 Å². The van der Waals surface area contributed by atoms with Gasteiger partial charge in [0, 0.05) is 18.9 Å². The summed E-state index contributed by atoms with van der Waals surface area (Å²) in [6.07, 6.45) is -1.85. The van der Waals surface area contributed by atoms with Crippen LogP contribution in [0, 0.1) is 0 Å². The van der Waals surface area contributed by atoms with Crippen LogP contribution in [0.25, 0.3) is 6.08 Å². The van der Waals surface area contributed by atoms with Gasteiger partial charge < -0.3 is 19.5 Å². The number of anilines is 1. The minimum atomic E-state index is -4.75. The molecule has 0 atom stereocenters. The molecule has 2 rings (SSSR count). The van der Waals surface area contributed by atoms with Crippen LogP contribution < -0.4 is 14.8 Å². The first-order chi connectivity index (χ1) is 12.4. The molecule has 8 heteroatoms. The number of alkyl halides is 3. The van der Waals surface area contributed by atoms with E-state index in [1.807, 2.05) is 0 Å². The van der Waals surface area contributed by atoms with Crippen LogP contribution in [0.5, 0.6) is 11.5 Å². The Morgan fingerprint density at radius 3 is 2.23 bits per heavy atom. The fourth-order valence-electron chi connectivity index (χ4n) is 1.90. The number of halogens is 3. The van der Waals surface area contributed by atoms with Gasteiger partial charge in [-0.15, -0.1) is 13.2 Å². The topological polar surface area (TPSA) is 56.8 Å². The monoisotopic (exact) mass is 367 g/mol. The molecule has 26 heavy (non-hydrogen) atoms. The highest BCUT2D eigenvalue weighted by Crippen LogP contribution is 2.24. The maximum Gasteiger partial charge on any atom is 0.573 e.